The van der Waals surface area contributed by atoms with Crippen LogP contribution in [-0.2, 0) is 6.54 Å². The number of anilines is 1. The highest BCUT2D eigenvalue weighted by Crippen LogP contribution is 2.22. The van der Waals surface area contributed by atoms with Crippen LogP contribution in [0, 0.1) is 13.8 Å². The minimum atomic E-state index is -0.0965. The first-order chi connectivity index (χ1) is 11.0. The molecule has 0 atom stereocenters. The fraction of sp³-hybridized carbons (Fsp3) is 0.176. The molecule has 0 fully saturated rings. The van der Waals surface area contributed by atoms with E-state index in [0.29, 0.717) is 12.4 Å². The van der Waals surface area contributed by atoms with Crippen molar-refractivity contribution in [2.24, 2.45) is 0 Å². The lowest BCUT2D eigenvalue weighted by Crippen LogP contribution is -2.16. The molecule has 4 nitrogen and oxygen atoms in total. The van der Waals surface area contributed by atoms with Crippen LogP contribution in [0.5, 0.6) is 0 Å². The van der Waals surface area contributed by atoms with E-state index < -0.39 is 0 Å². The number of hydrogen-bond donors (Lipinski definition) is 1. The third-order valence-electron chi connectivity index (χ3n) is 3.52. The monoisotopic (exact) mass is 389 g/mol. The second-order valence-electron chi connectivity index (χ2n) is 5.25. The summed E-state index contributed by atoms with van der Waals surface area (Å²) in [6, 6.07) is 11.7. The minimum absolute atomic E-state index is 0.0965. The standard InChI is InChI=1S/C17H16BrN3OS/c1-11-9-14(12(2)23-11)17(22)20-16-7-8-19-21(16)10-13-5-3-4-6-15(13)18/h3-9H,10H2,1-2H3,(H,20,22). The van der Waals surface area contributed by atoms with Crippen molar-refractivity contribution in [2.45, 2.75) is 20.4 Å². The van der Waals surface area contributed by atoms with Crippen molar-refractivity contribution < 1.29 is 4.79 Å². The number of thiophene rings is 1. The normalized spacial score (nSPS) is 10.7. The van der Waals surface area contributed by atoms with Crippen LogP contribution >= 0.6 is 27.3 Å². The summed E-state index contributed by atoms with van der Waals surface area (Å²) in [4.78, 5) is 14.6. The van der Waals surface area contributed by atoms with Crippen LogP contribution in [0.15, 0.2) is 47.1 Å². The summed E-state index contributed by atoms with van der Waals surface area (Å²) in [5.74, 6) is 0.592. The number of carbonyl (C=O) groups is 1. The largest absolute Gasteiger partial charge is 0.307 e. The van der Waals surface area contributed by atoms with E-state index in [9.17, 15) is 4.79 Å². The fourth-order valence-electron chi connectivity index (χ4n) is 2.39. The van der Waals surface area contributed by atoms with Crippen LogP contribution in [0.2, 0.25) is 0 Å². The van der Waals surface area contributed by atoms with Gasteiger partial charge in [0.15, 0.2) is 0 Å². The number of aromatic nitrogens is 2. The van der Waals surface area contributed by atoms with Gasteiger partial charge >= 0.3 is 0 Å². The number of aryl methyl sites for hydroxylation is 2. The lowest BCUT2D eigenvalue weighted by atomic mass is 10.2. The molecule has 2 heterocycles. The molecule has 118 valence electrons. The molecular formula is C17H16BrN3OS. The maximum Gasteiger partial charge on any atom is 0.257 e. The SMILES string of the molecule is Cc1cc(C(=O)Nc2ccnn2Cc2ccccc2Br)c(C)s1. The zero-order valence-corrected chi connectivity index (χ0v) is 15.2. The van der Waals surface area contributed by atoms with Gasteiger partial charge in [0.1, 0.15) is 5.82 Å². The van der Waals surface area contributed by atoms with Gasteiger partial charge in [-0.25, -0.2) is 4.68 Å². The van der Waals surface area contributed by atoms with E-state index in [4.69, 9.17) is 0 Å². The molecule has 0 spiro atoms. The molecule has 1 aromatic carbocycles. The number of amides is 1. The average Bonchev–Trinajstić information content (AvgIpc) is 3.08. The van der Waals surface area contributed by atoms with Crippen LogP contribution in [0.4, 0.5) is 5.82 Å². The summed E-state index contributed by atoms with van der Waals surface area (Å²) >= 11 is 5.17. The second kappa shape index (κ2) is 6.68. The maximum atomic E-state index is 12.5. The Balaban J connectivity index is 1.80. The molecular weight excluding hydrogens is 374 g/mol. The van der Waals surface area contributed by atoms with Crippen molar-refractivity contribution in [3.8, 4) is 0 Å². The molecule has 0 saturated heterocycles. The Morgan fingerprint density at radius 1 is 1.30 bits per heavy atom. The minimum Gasteiger partial charge on any atom is -0.307 e. The highest BCUT2D eigenvalue weighted by molar-refractivity contribution is 9.10. The van der Waals surface area contributed by atoms with Gasteiger partial charge in [-0.05, 0) is 31.5 Å². The molecule has 0 saturated carbocycles. The van der Waals surface area contributed by atoms with Gasteiger partial charge < -0.3 is 5.32 Å². The Bertz CT molecular complexity index is 853. The molecule has 6 heteroatoms. The van der Waals surface area contributed by atoms with Gasteiger partial charge in [0.2, 0.25) is 0 Å². The van der Waals surface area contributed by atoms with E-state index in [2.05, 4.69) is 26.3 Å². The van der Waals surface area contributed by atoms with Crippen molar-refractivity contribution in [3.05, 3.63) is 67.9 Å². The van der Waals surface area contributed by atoms with E-state index in [1.54, 1.807) is 22.2 Å². The van der Waals surface area contributed by atoms with Crippen LogP contribution in [0.25, 0.3) is 0 Å². The van der Waals surface area contributed by atoms with Crippen molar-refractivity contribution in [1.82, 2.24) is 9.78 Å². The molecule has 0 aliphatic carbocycles. The van der Waals surface area contributed by atoms with E-state index in [-0.39, 0.29) is 5.91 Å². The Labute approximate surface area is 147 Å². The van der Waals surface area contributed by atoms with Gasteiger partial charge in [-0.1, -0.05) is 34.1 Å². The number of carbonyl (C=O) groups excluding carboxylic acids is 1. The van der Waals surface area contributed by atoms with E-state index in [0.717, 1.165) is 25.4 Å². The third-order valence-corrected chi connectivity index (χ3v) is 5.26. The zero-order valence-electron chi connectivity index (χ0n) is 12.8. The first-order valence-electron chi connectivity index (χ1n) is 7.18. The molecule has 3 aromatic rings. The number of nitrogens with zero attached hydrogens (tertiary/aromatic N) is 2. The highest BCUT2D eigenvalue weighted by Gasteiger charge is 2.14. The summed E-state index contributed by atoms with van der Waals surface area (Å²) in [6.07, 6.45) is 1.69. The fourth-order valence-corrected chi connectivity index (χ4v) is 3.72. The quantitative estimate of drug-likeness (QED) is 0.707. The van der Waals surface area contributed by atoms with Crippen LogP contribution < -0.4 is 5.32 Å². The molecule has 0 radical (unpaired) electrons. The number of halogens is 1. The van der Waals surface area contributed by atoms with Crippen molar-refractivity contribution in [2.75, 3.05) is 5.32 Å². The highest BCUT2D eigenvalue weighted by atomic mass is 79.9. The second-order valence-corrected chi connectivity index (χ2v) is 7.56. The predicted molar refractivity (Wildman–Crippen MR) is 97.2 cm³/mol. The first-order valence-corrected chi connectivity index (χ1v) is 8.79. The summed E-state index contributed by atoms with van der Waals surface area (Å²) < 4.78 is 2.81. The number of hydrogen-bond acceptors (Lipinski definition) is 3. The van der Waals surface area contributed by atoms with E-state index in [1.165, 1.54) is 0 Å². The molecule has 23 heavy (non-hydrogen) atoms. The molecule has 0 bridgehead atoms. The van der Waals surface area contributed by atoms with E-state index >= 15 is 0 Å². The van der Waals surface area contributed by atoms with Gasteiger partial charge in [-0.3, -0.25) is 4.79 Å². The van der Waals surface area contributed by atoms with Crippen molar-refractivity contribution >= 4 is 39.0 Å². The third kappa shape index (κ3) is 3.54. The van der Waals surface area contributed by atoms with E-state index in [1.807, 2.05) is 50.2 Å². The Kier molecular flexibility index (Phi) is 4.63. The molecule has 1 amide bonds. The Morgan fingerprint density at radius 3 is 2.78 bits per heavy atom. The van der Waals surface area contributed by atoms with Crippen LogP contribution in [0.1, 0.15) is 25.7 Å². The van der Waals surface area contributed by atoms with Crippen molar-refractivity contribution in [3.63, 3.8) is 0 Å². The summed E-state index contributed by atoms with van der Waals surface area (Å²) in [6.45, 7) is 4.56. The number of benzene rings is 1. The summed E-state index contributed by atoms with van der Waals surface area (Å²) in [7, 11) is 0. The zero-order chi connectivity index (χ0) is 16.4. The van der Waals surface area contributed by atoms with Gasteiger partial charge in [0.05, 0.1) is 18.3 Å². The Hall–Kier alpha value is -1.92. The number of nitrogens with one attached hydrogen (secondary N) is 1. The molecule has 1 N–H and O–H groups in total. The maximum absolute atomic E-state index is 12.5. The summed E-state index contributed by atoms with van der Waals surface area (Å²) in [5, 5.41) is 7.26. The molecule has 2 aromatic heterocycles. The molecule has 0 unspecified atom stereocenters. The predicted octanol–water partition coefficient (Wildman–Crippen LogP) is 4.62. The number of rotatable bonds is 4. The van der Waals surface area contributed by atoms with Gasteiger partial charge in [0.25, 0.3) is 5.91 Å². The van der Waals surface area contributed by atoms with Gasteiger partial charge in [-0.2, -0.15) is 5.10 Å². The molecule has 0 aliphatic rings. The van der Waals surface area contributed by atoms with Crippen LogP contribution in [0.3, 0.4) is 0 Å². The first kappa shape index (κ1) is 16.0. The Morgan fingerprint density at radius 2 is 2.09 bits per heavy atom. The topological polar surface area (TPSA) is 46.9 Å². The molecule has 3 rings (SSSR count). The van der Waals surface area contributed by atoms with Crippen LogP contribution in [-0.4, -0.2) is 15.7 Å². The van der Waals surface area contributed by atoms with Gasteiger partial charge in [0, 0.05) is 20.3 Å². The average molecular weight is 390 g/mol. The lowest BCUT2D eigenvalue weighted by molar-refractivity contribution is 0.102. The van der Waals surface area contributed by atoms with Crippen molar-refractivity contribution in [1.29, 1.82) is 0 Å². The lowest BCUT2D eigenvalue weighted by Gasteiger charge is -2.10. The summed E-state index contributed by atoms with van der Waals surface area (Å²) in [5.41, 5.74) is 1.83. The van der Waals surface area contributed by atoms with Gasteiger partial charge in [-0.15, -0.1) is 11.3 Å². The smallest absolute Gasteiger partial charge is 0.257 e. The molecule has 0 aliphatic heterocycles.